The summed E-state index contributed by atoms with van der Waals surface area (Å²) in [5, 5.41) is 5.49. The van der Waals surface area contributed by atoms with Crippen molar-refractivity contribution >= 4 is 23.4 Å². The van der Waals surface area contributed by atoms with Crippen molar-refractivity contribution in [1.82, 2.24) is 10.2 Å². The Bertz CT molecular complexity index is 699. The van der Waals surface area contributed by atoms with E-state index in [-0.39, 0.29) is 36.1 Å². The Morgan fingerprint density at radius 1 is 1.21 bits per heavy atom. The number of likely N-dealkylation sites (tertiary alicyclic amines) is 1. The molecule has 1 saturated heterocycles. The molecule has 1 atom stereocenters. The van der Waals surface area contributed by atoms with Gasteiger partial charge in [-0.1, -0.05) is 26.0 Å². The van der Waals surface area contributed by atoms with Crippen molar-refractivity contribution in [3.05, 3.63) is 24.3 Å². The van der Waals surface area contributed by atoms with Crippen molar-refractivity contribution in [3.63, 3.8) is 0 Å². The summed E-state index contributed by atoms with van der Waals surface area (Å²) in [6, 6.07) is 6.62. The molecule has 0 bridgehead atoms. The number of rotatable bonds is 7. The number of para-hydroxylation sites is 2. The van der Waals surface area contributed by atoms with Crippen molar-refractivity contribution in [2.24, 2.45) is 17.6 Å². The van der Waals surface area contributed by atoms with Gasteiger partial charge in [-0.25, -0.2) is 0 Å². The number of nitrogens with two attached hydrogens (primary N) is 1. The lowest BCUT2D eigenvalue weighted by atomic mass is 9.95. The highest BCUT2D eigenvalue weighted by Gasteiger charge is 2.28. The summed E-state index contributed by atoms with van der Waals surface area (Å²) in [7, 11) is 1.56. The van der Waals surface area contributed by atoms with Gasteiger partial charge in [-0.3, -0.25) is 14.4 Å². The fourth-order valence-electron chi connectivity index (χ4n) is 3.07. The largest absolute Gasteiger partial charge is 0.495 e. The van der Waals surface area contributed by atoms with E-state index < -0.39 is 6.04 Å². The van der Waals surface area contributed by atoms with Crippen LogP contribution >= 0.6 is 0 Å². The minimum Gasteiger partial charge on any atom is -0.495 e. The summed E-state index contributed by atoms with van der Waals surface area (Å²) in [5.74, 6) is -0.112. The second-order valence-corrected chi connectivity index (χ2v) is 7.33. The van der Waals surface area contributed by atoms with E-state index in [1.54, 1.807) is 24.1 Å². The van der Waals surface area contributed by atoms with E-state index in [0.717, 1.165) is 0 Å². The molecule has 1 aromatic carbocycles. The molecule has 1 aromatic rings. The van der Waals surface area contributed by atoms with Gasteiger partial charge >= 0.3 is 0 Å². The Hall–Kier alpha value is -2.61. The highest BCUT2D eigenvalue weighted by atomic mass is 16.5. The van der Waals surface area contributed by atoms with E-state index >= 15 is 0 Å². The Balaban J connectivity index is 1.79. The molecular weight excluding hydrogens is 360 g/mol. The molecule has 4 N–H and O–H groups in total. The van der Waals surface area contributed by atoms with Gasteiger partial charge in [0.1, 0.15) is 5.75 Å². The van der Waals surface area contributed by atoms with Gasteiger partial charge in [0.25, 0.3) is 0 Å². The van der Waals surface area contributed by atoms with Crippen LogP contribution in [0.25, 0.3) is 0 Å². The van der Waals surface area contributed by atoms with Crippen LogP contribution in [0.15, 0.2) is 24.3 Å². The number of carbonyl (C=O) groups is 3. The summed E-state index contributed by atoms with van der Waals surface area (Å²) < 4.78 is 5.25. The van der Waals surface area contributed by atoms with E-state index in [9.17, 15) is 14.4 Å². The lowest BCUT2D eigenvalue weighted by Crippen LogP contribution is -2.49. The van der Waals surface area contributed by atoms with Gasteiger partial charge in [0.15, 0.2) is 0 Å². The molecule has 1 aliphatic heterocycles. The van der Waals surface area contributed by atoms with E-state index in [1.807, 2.05) is 26.0 Å². The molecule has 0 aromatic heterocycles. The number of ether oxygens (including phenoxy) is 1. The first-order chi connectivity index (χ1) is 13.3. The molecular formula is C20H30N4O4. The minimum atomic E-state index is -0.628. The van der Waals surface area contributed by atoms with Crippen molar-refractivity contribution < 1.29 is 19.1 Å². The molecule has 0 saturated carbocycles. The van der Waals surface area contributed by atoms with Crippen LogP contribution in [0.3, 0.4) is 0 Å². The number of piperidine rings is 1. The first-order valence-electron chi connectivity index (χ1n) is 9.58. The fraction of sp³-hybridized carbons (Fsp3) is 0.550. The third-order valence-corrected chi connectivity index (χ3v) is 5.02. The number of hydrogen-bond donors (Lipinski definition) is 3. The van der Waals surface area contributed by atoms with Crippen LogP contribution in [-0.4, -0.2) is 55.4 Å². The van der Waals surface area contributed by atoms with E-state index in [2.05, 4.69) is 10.6 Å². The summed E-state index contributed by atoms with van der Waals surface area (Å²) >= 11 is 0. The number of amides is 3. The first-order valence-corrected chi connectivity index (χ1v) is 9.58. The highest BCUT2D eigenvalue weighted by molar-refractivity contribution is 5.94. The normalized spacial score (nSPS) is 15.8. The summed E-state index contributed by atoms with van der Waals surface area (Å²) in [6.07, 6.45) is 1.15. The third kappa shape index (κ3) is 5.69. The van der Waals surface area contributed by atoms with E-state index in [1.165, 1.54) is 0 Å². The smallest absolute Gasteiger partial charge is 0.241 e. The highest BCUT2D eigenvalue weighted by Crippen LogP contribution is 2.25. The molecule has 1 fully saturated rings. The standard InChI is InChI=1S/C20H30N4O4/c1-13(2)18(21)20(27)22-12-17(25)24-10-8-14(9-11-24)19(26)23-15-6-4-5-7-16(15)28-3/h4-7,13-14,18H,8-12,21H2,1-3H3,(H,22,27)(H,23,26)/t18-/m0/s1. The maximum absolute atomic E-state index is 12.5. The molecule has 8 nitrogen and oxygen atoms in total. The number of nitrogens with one attached hydrogen (secondary N) is 2. The predicted molar refractivity (Wildman–Crippen MR) is 107 cm³/mol. The number of nitrogens with zero attached hydrogens (tertiary/aromatic N) is 1. The van der Waals surface area contributed by atoms with Crippen LogP contribution in [0.1, 0.15) is 26.7 Å². The topological polar surface area (TPSA) is 114 Å². The quantitative estimate of drug-likeness (QED) is 0.642. The molecule has 0 unspecified atom stereocenters. The Kier molecular flexibility index (Phi) is 7.80. The number of methoxy groups -OCH3 is 1. The maximum Gasteiger partial charge on any atom is 0.241 e. The van der Waals surface area contributed by atoms with Gasteiger partial charge in [-0.15, -0.1) is 0 Å². The van der Waals surface area contributed by atoms with Gasteiger partial charge < -0.3 is 26.0 Å². The molecule has 8 heteroatoms. The summed E-state index contributed by atoms with van der Waals surface area (Å²) in [4.78, 5) is 38.4. The van der Waals surface area contributed by atoms with Crippen molar-refractivity contribution in [2.75, 3.05) is 32.1 Å². The van der Waals surface area contributed by atoms with Gasteiger partial charge in [0.05, 0.1) is 25.4 Å². The molecule has 0 aliphatic carbocycles. The van der Waals surface area contributed by atoms with Crippen LogP contribution in [0.4, 0.5) is 5.69 Å². The van der Waals surface area contributed by atoms with Crippen molar-refractivity contribution in [3.8, 4) is 5.75 Å². The molecule has 0 spiro atoms. The number of carbonyl (C=O) groups excluding carboxylic acids is 3. The monoisotopic (exact) mass is 390 g/mol. The Morgan fingerprint density at radius 2 is 1.86 bits per heavy atom. The molecule has 3 amide bonds. The average molecular weight is 390 g/mol. The van der Waals surface area contributed by atoms with Gasteiger partial charge in [-0.2, -0.15) is 0 Å². The second-order valence-electron chi connectivity index (χ2n) is 7.33. The third-order valence-electron chi connectivity index (χ3n) is 5.02. The van der Waals surface area contributed by atoms with Gasteiger partial charge in [0.2, 0.25) is 17.7 Å². The SMILES string of the molecule is COc1ccccc1NC(=O)C1CCN(C(=O)CNC(=O)[C@@H](N)C(C)C)CC1. The molecule has 1 aliphatic rings. The number of benzene rings is 1. The van der Waals surface area contributed by atoms with Crippen LogP contribution < -0.4 is 21.1 Å². The fourth-order valence-corrected chi connectivity index (χ4v) is 3.07. The summed E-state index contributed by atoms with van der Waals surface area (Å²) in [6.45, 7) is 4.60. The van der Waals surface area contributed by atoms with Crippen LogP contribution in [0, 0.1) is 11.8 Å². The second kappa shape index (κ2) is 10.1. The van der Waals surface area contributed by atoms with Crippen LogP contribution in [0.5, 0.6) is 5.75 Å². The average Bonchev–Trinajstić information content (AvgIpc) is 2.71. The van der Waals surface area contributed by atoms with E-state index in [0.29, 0.717) is 37.4 Å². The zero-order valence-electron chi connectivity index (χ0n) is 16.7. The number of anilines is 1. The lowest BCUT2D eigenvalue weighted by Gasteiger charge is -2.31. The van der Waals surface area contributed by atoms with Crippen LogP contribution in [-0.2, 0) is 14.4 Å². The molecule has 0 radical (unpaired) electrons. The maximum atomic E-state index is 12.5. The van der Waals surface area contributed by atoms with Gasteiger partial charge in [-0.05, 0) is 30.9 Å². The van der Waals surface area contributed by atoms with Crippen molar-refractivity contribution in [2.45, 2.75) is 32.7 Å². The molecule has 154 valence electrons. The zero-order chi connectivity index (χ0) is 20.7. The van der Waals surface area contributed by atoms with Gasteiger partial charge in [0, 0.05) is 19.0 Å². The predicted octanol–water partition coefficient (Wildman–Crippen LogP) is 0.972. The summed E-state index contributed by atoms with van der Waals surface area (Å²) in [5.41, 5.74) is 6.41. The molecule has 1 heterocycles. The zero-order valence-corrected chi connectivity index (χ0v) is 16.7. The van der Waals surface area contributed by atoms with E-state index in [4.69, 9.17) is 10.5 Å². The van der Waals surface area contributed by atoms with Crippen molar-refractivity contribution in [1.29, 1.82) is 0 Å². The number of hydrogen-bond acceptors (Lipinski definition) is 5. The first kappa shape index (κ1) is 21.7. The Labute approximate surface area is 165 Å². The van der Waals surface area contributed by atoms with Crippen LogP contribution in [0.2, 0.25) is 0 Å². The Morgan fingerprint density at radius 3 is 2.46 bits per heavy atom. The molecule has 2 rings (SSSR count). The molecule has 28 heavy (non-hydrogen) atoms. The lowest BCUT2D eigenvalue weighted by molar-refractivity contribution is -0.135. The minimum absolute atomic E-state index is 0.00704.